The van der Waals surface area contributed by atoms with Gasteiger partial charge in [0.2, 0.25) is 12.8 Å². The summed E-state index contributed by atoms with van der Waals surface area (Å²) >= 11 is 0. The maximum absolute atomic E-state index is 11.0. The number of carbonyl (C=O) groups excluding carboxylic acids is 2. The van der Waals surface area contributed by atoms with E-state index in [1.165, 1.54) is 24.3 Å². The van der Waals surface area contributed by atoms with Crippen molar-refractivity contribution in [3.8, 4) is 17.2 Å². The summed E-state index contributed by atoms with van der Waals surface area (Å²) in [6.07, 6.45) is 2.97. The van der Waals surface area contributed by atoms with Crippen LogP contribution >= 0.6 is 0 Å². The molecule has 0 radical (unpaired) electrons. The van der Waals surface area contributed by atoms with Crippen molar-refractivity contribution in [1.29, 1.82) is 0 Å². The topological polar surface area (TPSA) is 119 Å². The Bertz CT molecular complexity index is 772. The first-order valence-corrected chi connectivity index (χ1v) is 7.45. The molecule has 0 saturated carbocycles. The SMILES string of the molecule is O=CN/C(=C\c1ccc(O)c(O)c1)C(Cc1ccc(O)cc1)NC=O. The van der Waals surface area contributed by atoms with Gasteiger partial charge in [-0.3, -0.25) is 9.59 Å². The Morgan fingerprint density at radius 2 is 1.68 bits per heavy atom. The molecule has 7 nitrogen and oxygen atoms in total. The van der Waals surface area contributed by atoms with Crippen LogP contribution in [-0.2, 0) is 16.0 Å². The summed E-state index contributed by atoms with van der Waals surface area (Å²) in [5.41, 5.74) is 1.77. The van der Waals surface area contributed by atoms with E-state index in [0.717, 1.165) is 5.56 Å². The van der Waals surface area contributed by atoms with Crippen LogP contribution in [0.1, 0.15) is 11.1 Å². The molecule has 2 aromatic carbocycles. The minimum atomic E-state index is -0.539. The molecule has 0 bridgehead atoms. The highest BCUT2D eigenvalue weighted by atomic mass is 16.3. The Morgan fingerprint density at radius 3 is 2.28 bits per heavy atom. The van der Waals surface area contributed by atoms with Gasteiger partial charge in [-0.15, -0.1) is 0 Å². The minimum Gasteiger partial charge on any atom is -0.508 e. The highest BCUT2D eigenvalue weighted by Crippen LogP contribution is 2.26. The standard InChI is InChI=1S/C18H18N2O5/c21-10-19-15(7-12-1-4-14(23)5-2-12)16(20-11-22)8-13-3-6-17(24)18(25)9-13/h1-6,8-11,15,23-25H,7H2,(H,19,21)(H,20,22)/b16-8-. The Balaban J connectivity index is 2.32. The molecule has 2 amide bonds. The molecule has 0 aromatic heterocycles. The number of phenols is 3. The molecule has 0 aliphatic carbocycles. The van der Waals surface area contributed by atoms with Gasteiger partial charge in [0.1, 0.15) is 5.75 Å². The van der Waals surface area contributed by atoms with Gasteiger partial charge in [-0.2, -0.15) is 0 Å². The monoisotopic (exact) mass is 342 g/mol. The van der Waals surface area contributed by atoms with Crippen molar-refractivity contribution < 1.29 is 24.9 Å². The third kappa shape index (κ3) is 5.00. The highest BCUT2D eigenvalue weighted by molar-refractivity contribution is 5.64. The number of hydrogen-bond donors (Lipinski definition) is 5. The van der Waals surface area contributed by atoms with E-state index in [9.17, 15) is 24.9 Å². The fraction of sp³-hybridized carbons (Fsp3) is 0.111. The van der Waals surface area contributed by atoms with Crippen LogP contribution in [0.3, 0.4) is 0 Å². The number of nitrogens with one attached hydrogen (secondary N) is 2. The van der Waals surface area contributed by atoms with Crippen LogP contribution in [0.15, 0.2) is 48.2 Å². The Kier molecular flexibility index (Phi) is 6.00. The predicted molar refractivity (Wildman–Crippen MR) is 91.7 cm³/mol. The first-order valence-electron chi connectivity index (χ1n) is 7.45. The van der Waals surface area contributed by atoms with Gasteiger partial charge in [0.25, 0.3) is 0 Å². The zero-order valence-electron chi connectivity index (χ0n) is 13.2. The molecule has 0 fully saturated rings. The second-order valence-corrected chi connectivity index (χ2v) is 5.32. The van der Waals surface area contributed by atoms with Crippen molar-refractivity contribution in [2.45, 2.75) is 12.5 Å². The summed E-state index contributed by atoms with van der Waals surface area (Å²) in [5, 5.41) is 33.5. The second-order valence-electron chi connectivity index (χ2n) is 5.32. The van der Waals surface area contributed by atoms with Gasteiger partial charge in [-0.1, -0.05) is 18.2 Å². The fourth-order valence-electron chi connectivity index (χ4n) is 2.33. The Morgan fingerprint density at radius 1 is 0.960 bits per heavy atom. The zero-order valence-corrected chi connectivity index (χ0v) is 13.2. The van der Waals surface area contributed by atoms with Crippen LogP contribution in [0.5, 0.6) is 17.2 Å². The van der Waals surface area contributed by atoms with Gasteiger partial charge in [0.05, 0.1) is 6.04 Å². The molecule has 2 aromatic rings. The Hall–Kier alpha value is -3.48. The Labute approximate surface area is 144 Å². The summed E-state index contributed by atoms with van der Waals surface area (Å²) in [5.74, 6) is -0.420. The lowest BCUT2D eigenvalue weighted by atomic mass is 10.0. The maximum Gasteiger partial charge on any atom is 0.211 e. The molecule has 0 spiro atoms. The lowest BCUT2D eigenvalue weighted by Crippen LogP contribution is -2.37. The predicted octanol–water partition coefficient (Wildman–Crippen LogP) is 1.25. The average Bonchev–Trinajstić information content (AvgIpc) is 2.59. The molecule has 7 heteroatoms. The molecule has 25 heavy (non-hydrogen) atoms. The zero-order chi connectivity index (χ0) is 18.2. The van der Waals surface area contributed by atoms with Crippen molar-refractivity contribution in [3.63, 3.8) is 0 Å². The number of rotatable bonds is 8. The largest absolute Gasteiger partial charge is 0.508 e. The van der Waals surface area contributed by atoms with E-state index in [2.05, 4.69) is 10.6 Å². The fourth-order valence-corrected chi connectivity index (χ4v) is 2.33. The first kappa shape index (κ1) is 17.9. The molecule has 2 rings (SSSR count). The van der Waals surface area contributed by atoms with E-state index in [1.807, 2.05) is 0 Å². The van der Waals surface area contributed by atoms with Crippen LogP contribution in [-0.4, -0.2) is 34.2 Å². The number of benzene rings is 2. The van der Waals surface area contributed by atoms with Gasteiger partial charge in [-0.05, 0) is 47.9 Å². The number of hydrogen-bond acceptors (Lipinski definition) is 5. The van der Waals surface area contributed by atoms with Crippen LogP contribution in [0, 0.1) is 0 Å². The molecule has 1 atom stereocenters. The minimum absolute atomic E-state index is 0.130. The van der Waals surface area contributed by atoms with Gasteiger partial charge in [0.15, 0.2) is 11.5 Å². The molecule has 5 N–H and O–H groups in total. The molecule has 0 heterocycles. The molecular weight excluding hydrogens is 324 g/mol. The molecule has 130 valence electrons. The molecule has 0 saturated heterocycles. The quantitative estimate of drug-likeness (QED) is 0.365. The van der Waals surface area contributed by atoms with E-state index >= 15 is 0 Å². The van der Waals surface area contributed by atoms with Crippen LogP contribution in [0.25, 0.3) is 6.08 Å². The van der Waals surface area contributed by atoms with Crippen molar-refractivity contribution in [2.75, 3.05) is 0 Å². The summed E-state index contributed by atoms with van der Waals surface area (Å²) < 4.78 is 0. The van der Waals surface area contributed by atoms with Gasteiger partial charge >= 0.3 is 0 Å². The van der Waals surface area contributed by atoms with Gasteiger partial charge in [-0.25, -0.2) is 0 Å². The highest BCUT2D eigenvalue weighted by Gasteiger charge is 2.15. The maximum atomic E-state index is 11.0. The van der Waals surface area contributed by atoms with Crippen LogP contribution in [0.4, 0.5) is 0 Å². The third-order valence-corrected chi connectivity index (χ3v) is 3.57. The van der Waals surface area contributed by atoms with E-state index in [0.29, 0.717) is 30.5 Å². The van der Waals surface area contributed by atoms with Gasteiger partial charge < -0.3 is 26.0 Å². The van der Waals surface area contributed by atoms with E-state index in [1.54, 1.807) is 24.3 Å². The summed E-state index contributed by atoms with van der Waals surface area (Å²) in [6.45, 7) is 0. The molecule has 1 unspecified atom stereocenters. The lowest BCUT2D eigenvalue weighted by Gasteiger charge is -2.19. The van der Waals surface area contributed by atoms with Gasteiger partial charge in [0, 0.05) is 5.70 Å². The third-order valence-electron chi connectivity index (χ3n) is 3.57. The number of phenolic OH excluding ortho intramolecular Hbond substituents is 3. The summed E-state index contributed by atoms with van der Waals surface area (Å²) in [6, 6.07) is 10.1. The van der Waals surface area contributed by atoms with E-state index in [4.69, 9.17) is 0 Å². The molecule has 0 aliphatic heterocycles. The number of carbonyl (C=O) groups is 2. The molecule has 0 aliphatic rings. The average molecular weight is 342 g/mol. The van der Waals surface area contributed by atoms with Crippen LogP contribution < -0.4 is 10.6 Å². The van der Waals surface area contributed by atoms with E-state index < -0.39 is 6.04 Å². The number of aromatic hydroxyl groups is 3. The number of amides is 2. The first-order chi connectivity index (χ1) is 12.0. The normalized spacial score (nSPS) is 12.2. The van der Waals surface area contributed by atoms with Crippen molar-refractivity contribution >= 4 is 18.9 Å². The van der Waals surface area contributed by atoms with Crippen molar-refractivity contribution in [3.05, 3.63) is 59.3 Å². The lowest BCUT2D eigenvalue weighted by molar-refractivity contribution is -0.111. The molecular formula is C18H18N2O5. The summed E-state index contributed by atoms with van der Waals surface area (Å²) in [7, 11) is 0. The summed E-state index contributed by atoms with van der Waals surface area (Å²) in [4.78, 5) is 21.9. The second kappa shape index (κ2) is 8.39. The smallest absolute Gasteiger partial charge is 0.211 e. The van der Waals surface area contributed by atoms with Crippen molar-refractivity contribution in [1.82, 2.24) is 10.6 Å². The van der Waals surface area contributed by atoms with Crippen molar-refractivity contribution in [2.24, 2.45) is 0 Å². The van der Waals surface area contributed by atoms with E-state index in [-0.39, 0.29) is 17.2 Å². The van der Waals surface area contributed by atoms with Crippen LogP contribution in [0.2, 0.25) is 0 Å².